The maximum atomic E-state index is 3.72. The highest BCUT2D eigenvalue weighted by molar-refractivity contribution is 6.73. The highest BCUT2D eigenvalue weighted by Gasteiger charge is 2.15. The number of hydrogen-bond donors (Lipinski definition) is 1. The van der Waals surface area contributed by atoms with E-state index in [1.165, 1.54) is 25.7 Å². The van der Waals surface area contributed by atoms with Gasteiger partial charge in [-0.25, -0.2) is 0 Å². The fraction of sp³-hybridized carbons (Fsp3) is 1.00. The molecule has 1 atom stereocenters. The van der Waals surface area contributed by atoms with Crippen LogP contribution in [-0.2, 0) is 0 Å². The molecule has 0 heterocycles. The Bertz CT molecular complexity index is 107. The zero-order valence-electron chi connectivity index (χ0n) is 9.41. The predicted molar refractivity (Wildman–Crippen MR) is 60.1 cm³/mol. The van der Waals surface area contributed by atoms with Crippen molar-refractivity contribution in [1.29, 1.82) is 0 Å². The summed E-state index contributed by atoms with van der Waals surface area (Å²) in [6.45, 7) is 11.7. The number of rotatable bonds is 6. The third-order valence-electron chi connectivity index (χ3n) is 1.92. The predicted octanol–water partition coefficient (Wildman–Crippen LogP) is 3.38. The second-order valence-electron chi connectivity index (χ2n) is 4.79. The first-order valence-corrected chi connectivity index (χ1v) is 8.73. The molecule has 0 aliphatic rings. The number of unbranched alkanes of at least 4 members (excludes halogenated alkanes) is 2. The van der Waals surface area contributed by atoms with E-state index < -0.39 is 8.24 Å². The summed E-state index contributed by atoms with van der Waals surface area (Å²) >= 11 is 0. The first kappa shape index (κ1) is 12.2. The van der Waals surface area contributed by atoms with Crippen LogP contribution in [0.3, 0.4) is 0 Å². The van der Waals surface area contributed by atoms with Crippen LogP contribution in [0.15, 0.2) is 0 Å². The van der Waals surface area contributed by atoms with Crippen molar-refractivity contribution in [2.24, 2.45) is 0 Å². The standard InChI is InChI=1S/C10H25NSi/c1-6-7-8-9-10(2)11-12(3,4)5/h10-11H,6-9H2,1-5H3. The van der Waals surface area contributed by atoms with E-state index in [0.717, 1.165) is 6.04 Å². The largest absolute Gasteiger partial charge is 0.335 e. The molecule has 74 valence electrons. The van der Waals surface area contributed by atoms with Gasteiger partial charge in [0, 0.05) is 0 Å². The zero-order valence-corrected chi connectivity index (χ0v) is 10.4. The number of hydrogen-bond acceptors (Lipinski definition) is 1. The topological polar surface area (TPSA) is 12.0 Å². The van der Waals surface area contributed by atoms with Gasteiger partial charge in [0.05, 0.1) is 0 Å². The molecule has 0 amide bonds. The summed E-state index contributed by atoms with van der Waals surface area (Å²) in [7, 11) is -1.03. The lowest BCUT2D eigenvalue weighted by molar-refractivity contribution is 0.555. The van der Waals surface area contributed by atoms with Crippen molar-refractivity contribution >= 4 is 8.24 Å². The van der Waals surface area contributed by atoms with E-state index in [4.69, 9.17) is 0 Å². The zero-order chi connectivity index (χ0) is 9.61. The van der Waals surface area contributed by atoms with Crippen molar-refractivity contribution < 1.29 is 0 Å². The molecule has 0 aromatic heterocycles. The lowest BCUT2D eigenvalue weighted by Crippen LogP contribution is -2.46. The molecule has 0 radical (unpaired) electrons. The lowest BCUT2D eigenvalue weighted by atomic mass is 10.1. The van der Waals surface area contributed by atoms with Gasteiger partial charge in [0.2, 0.25) is 0 Å². The van der Waals surface area contributed by atoms with Crippen molar-refractivity contribution in [3.05, 3.63) is 0 Å². The molecule has 0 aliphatic carbocycles. The summed E-state index contributed by atoms with van der Waals surface area (Å²) < 4.78 is 0. The van der Waals surface area contributed by atoms with Crippen LogP contribution in [0.2, 0.25) is 19.6 Å². The third kappa shape index (κ3) is 8.28. The van der Waals surface area contributed by atoms with Gasteiger partial charge in [-0.05, 0) is 12.5 Å². The fourth-order valence-electron chi connectivity index (χ4n) is 1.51. The molecule has 0 spiro atoms. The highest BCUT2D eigenvalue weighted by Crippen LogP contribution is 2.05. The Kier molecular flexibility index (Phi) is 5.84. The summed E-state index contributed by atoms with van der Waals surface area (Å²) in [5, 5.41) is 0. The molecule has 0 saturated heterocycles. The third-order valence-corrected chi connectivity index (χ3v) is 3.28. The van der Waals surface area contributed by atoms with Gasteiger partial charge in [-0.1, -0.05) is 52.8 Å². The van der Waals surface area contributed by atoms with Gasteiger partial charge in [0.25, 0.3) is 0 Å². The first-order valence-electron chi connectivity index (χ1n) is 5.23. The second-order valence-corrected chi connectivity index (χ2v) is 9.58. The summed E-state index contributed by atoms with van der Waals surface area (Å²) in [5.41, 5.74) is 0. The van der Waals surface area contributed by atoms with Crippen LogP contribution in [-0.4, -0.2) is 14.3 Å². The Balaban J connectivity index is 3.40. The summed E-state index contributed by atoms with van der Waals surface area (Å²) in [6.07, 6.45) is 5.45. The number of nitrogens with one attached hydrogen (secondary N) is 1. The van der Waals surface area contributed by atoms with Gasteiger partial charge in [-0.2, -0.15) is 0 Å². The molecule has 1 unspecified atom stereocenters. The molecular weight excluding hydrogens is 162 g/mol. The minimum absolute atomic E-state index is 0.725. The fourth-order valence-corrected chi connectivity index (χ4v) is 3.13. The van der Waals surface area contributed by atoms with E-state index >= 15 is 0 Å². The molecule has 0 aromatic rings. The maximum Gasteiger partial charge on any atom is 0.116 e. The molecule has 2 heteroatoms. The van der Waals surface area contributed by atoms with Crippen molar-refractivity contribution in [2.45, 2.75) is 65.2 Å². The van der Waals surface area contributed by atoms with Crippen LogP contribution < -0.4 is 4.98 Å². The van der Waals surface area contributed by atoms with Gasteiger partial charge in [-0.3, -0.25) is 0 Å². The minimum Gasteiger partial charge on any atom is -0.335 e. The molecule has 0 aromatic carbocycles. The van der Waals surface area contributed by atoms with E-state index in [0.29, 0.717) is 0 Å². The van der Waals surface area contributed by atoms with Crippen molar-refractivity contribution in [3.63, 3.8) is 0 Å². The van der Waals surface area contributed by atoms with Gasteiger partial charge >= 0.3 is 0 Å². The highest BCUT2D eigenvalue weighted by atomic mass is 28.3. The molecule has 1 nitrogen and oxygen atoms in total. The molecule has 0 fully saturated rings. The molecule has 0 bridgehead atoms. The van der Waals surface area contributed by atoms with Crippen LogP contribution in [0, 0.1) is 0 Å². The normalized spacial score (nSPS) is 14.8. The summed E-state index contributed by atoms with van der Waals surface area (Å²) in [4.78, 5) is 3.72. The summed E-state index contributed by atoms with van der Waals surface area (Å²) in [6, 6.07) is 0.725. The minimum atomic E-state index is -1.03. The van der Waals surface area contributed by atoms with Gasteiger partial charge in [-0.15, -0.1) is 0 Å². The second kappa shape index (κ2) is 5.76. The van der Waals surface area contributed by atoms with Gasteiger partial charge < -0.3 is 4.98 Å². The van der Waals surface area contributed by atoms with Crippen LogP contribution in [0.5, 0.6) is 0 Å². The molecular formula is C10H25NSi. The first-order chi connectivity index (χ1) is 5.45. The molecule has 1 N–H and O–H groups in total. The summed E-state index contributed by atoms with van der Waals surface area (Å²) in [5.74, 6) is 0. The van der Waals surface area contributed by atoms with Crippen molar-refractivity contribution in [3.8, 4) is 0 Å². The Morgan fingerprint density at radius 2 is 1.75 bits per heavy atom. The Morgan fingerprint density at radius 1 is 1.17 bits per heavy atom. The average Bonchev–Trinajstić information content (AvgIpc) is 1.84. The van der Waals surface area contributed by atoms with Crippen molar-refractivity contribution in [2.75, 3.05) is 0 Å². The van der Waals surface area contributed by atoms with E-state index in [1.807, 2.05) is 0 Å². The van der Waals surface area contributed by atoms with Gasteiger partial charge in [0.15, 0.2) is 0 Å². The van der Waals surface area contributed by atoms with Crippen LogP contribution >= 0.6 is 0 Å². The smallest absolute Gasteiger partial charge is 0.116 e. The average molecular weight is 187 g/mol. The Morgan fingerprint density at radius 3 is 2.17 bits per heavy atom. The van der Waals surface area contributed by atoms with Gasteiger partial charge in [0.1, 0.15) is 8.24 Å². The van der Waals surface area contributed by atoms with E-state index in [2.05, 4.69) is 38.5 Å². The molecule has 0 saturated carbocycles. The monoisotopic (exact) mass is 187 g/mol. The molecule has 0 rings (SSSR count). The quantitative estimate of drug-likeness (QED) is 0.496. The molecule has 0 aliphatic heterocycles. The van der Waals surface area contributed by atoms with Crippen molar-refractivity contribution in [1.82, 2.24) is 4.98 Å². The van der Waals surface area contributed by atoms with Crippen LogP contribution in [0.4, 0.5) is 0 Å². The Labute approximate surface area is 79.0 Å². The van der Waals surface area contributed by atoms with Crippen LogP contribution in [0.1, 0.15) is 39.5 Å². The van der Waals surface area contributed by atoms with E-state index in [9.17, 15) is 0 Å². The Hall–Kier alpha value is 0.177. The molecule has 12 heavy (non-hydrogen) atoms. The lowest BCUT2D eigenvalue weighted by Gasteiger charge is -2.24. The van der Waals surface area contributed by atoms with E-state index in [1.54, 1.807) is 0 Å². The SMILES string of the molecule is CCCCCC(C)N[Si](C)(C)C. The van der Waals surface area contributed by atoms with E-state index in [-0.39, 0.29) is 0 Å². The van der Waals surface area contributed by atoms with Crippen LogP contribution in [0.25, 0.3) is 0 Å². The maximum absolute atomic E-state index is 3.72.